The van der Waals surface area contributed by atoms with Crippen LogP contribution in [0.2, 0.25) is 0 Å². The van der Waals surface area contributed by atoms with E-state index < -0.39 is 9.84 Å². The number of hydrogen-bond donors (Lipinski definition) is 0. The van der Waals surface area contributed by atoms with Crippen molar-refractivity contribution < 1.29 is 17.6 Å². The molecule has 1 aromatic carbocycles. The maximum absolute atomic E-state index is 12.6. The molecule has 2 aromatic rings. The zero-order valence-electron chi connectivity index (χ0n) is 12.5. The molecule has 1 aromatic heterocycles. The van der Waals surface area contributed by atoms with Gasteiger partial charge in [-0.1, -0.05) is 0 Å². The van der Waals surface area contributed by atoms with Gasteiger partial charge in [0, 0.05) is 18.5 Å². The summed E-state index contributed by atoms with van der Waals surface area (Å²) in [5, 5.41) is 0. The fourth-order valence-electron chi connectivity index (χ4n) is 2.73. The van der Waals surface area contributed by atoms with Crippen molar-refractivity contribution in [2.24, 2.45) is 0 Å². The molecule has 116 valence electrons. The van der Waals surface area contributed by atoms with Crippen LogP contribution < -0.4 is 4.90 Å². The number of nitrogens with zero attached hydrogens (tertiary/aromatic N) is 1. The molecule has 6 heteroatoms. The standard InChI is InChI=1S/C16H17NO4S/c1-11-8-13(10-21-11)16(18)17-7-3-4-12-9-14(22(2,19)20)5-6-15(12)17/h5-6,8-10H,3-4,7H2,1-2H3. The summed E-state index contributed by atoms with van der Waals surface area (Å²) >= 11 is 0. The van der Waals surface area contributed by atoms with Crippen LogP contribution in [0, 0.1) is 6.92 Å². The first-order valence-corrected chi connectivity index (χ1v) is 8.95. The number of fused-ring (bicyclic) bond motifs is 1. The third-order valence-electron chi connectivity index (χ3n) is 3.82. The summed E-state index contributed by atoms with van der Waals surface area (Å²) in [6, 6.07) is 6.66. The lowest BCUT2D eigenvalue weighted by atomic mass is 10.0. The van der Waals surface area contributed by atoms with E-state index in [0.717, 1.165) is 24.1 Å². The van der Waals surface area contributed by atoms with Gasteiger partial charge in [0.1, 0.15) is 12.0 Å². The van der Waals surface area contributed by atoms with E-state index in [1.807, 2.05) is 0 Å². The second kappa shape index (κ2) is 5.28. The molecular weight excluding hydrogens is 302 g/mol. The van der Waals surface area contributed by atoms with Crippen LogP contribution >= 0.6 is 0 Å². The van der Waals surface area contributed by atoms with Crippen LogP contribution in [0.1, 0.15) is 28.1 Å². The number of furan rings is 1. The molecule has 0 aliphatic carbocycles. The van der Waals surface area contributed by atoms with Crippen molar-refractivity contribution in [1.82, 2.24) is 0 Å². The summed E-state index contributed by atoms with van der Waals surface area (Å²) in [5.74, 6) is 0.568. The molecular formula is C16H17NO4S. The van der Waals surface area contributed by atoms with Crippen molar-refractivity contribution in [1.29, 1.82) is 0 Å². The van der Waals surface area contributed by atoms with Crippen LogP contribution in [0.3, 0.4) is 0 Å². The number of rotatable bonds is 2. The Bertz CT molecular complexity index is 836. The molecule has 5 nitrogen and oxygen atoms in total. The van der Waals surface area contributed by atoms with E-state index in [1.54, 1.807) is 36.1 Å². The van der Waals surface area contributed by atoms with Crippen LogP contribution in [-0.2, 0) is 16.3 Å². The molecule has 0 unspecified atom stereocenters. The van der Waals surface area contributed by atoms with Crippen LogP contribution in [0.4, 0.5) is 5.69 Å². The van der Waals surface area contributed by atoms with Crippen LogP contribution in [0.25, 0.3) is 0 Å². The lowest BCUT2D eigenvalue weighted by Crippen LogP contribution is -2.35. The second-order valence-electron chi connectivity index (χ2n) is 5.57. The van der Waals surface area contributed by atoms with E-state index in [4.69, 9.17) is 4.42 Å². The number of amides is 1. The normalized spacial score (nSPS) is 14.7. The summed E-state index contributed by atoms with van der Waals surface area (Å²) in [7, 11) is -3.24. The predicted octanol–water partition coefficient (Wildman–Crippen LogP) is 2.58. The van der Waals surface area contributed by atoms with Gasteiger partial charge in [-0.05, 0) is 49.6 Å². The molecule has 22 heavy (non-hydrogen) atoms. The van der Waals surface area contributed by atoms with Crippen molar-refractivity contribution in [3.05, 3.63) is 47.4 Å². The highest BCUT2D eigenvalue weighted by atomic mass is 32.2. The average Bonchev–Trinajstić information content (AvgIpc) is 2.91. The Morgan fingerprint density at radius 2 is 2.05 bits per heavy atom. The maximum Gasteiger partial charge on any atom is 0.261 e. The first-order valence-electron chi connectivity index (χ1n) is 7.06. The molecule has 0 saturated carbocycles. The third kappa shape index (κ3) is 2.66. The molecule has 0 spiro atoms. The quantitative estimate of drug-likeness (QED) is 0.853. The van der Waals surface area contributed by atoms with Crippen LogP contribution in [-0.4, -0.2) is 27.1 Å². The Hall–Kier alpha value is -2.08. The fourth-order valence-corrected chi connectivity index (χ4v) is 3.40. The molecule has 0 saturated heterocycles. The zero-order valence-corrected chi connectivity index (χ0v) is 13.3. The molecule has 0 N–H and O–H groups in total. The fraction of sp³-hybridized carbons (Fsp3) is 0.312. The van der Waals surface area contributed by atoms with Gasteiger partial charge in [0.2, 0.25) is 0 Å². The smallest absolute Gasteiger partial charge is 0.261 e. The van der Waals surface area contributed by atoms with Crippen molar-refractivity contribution in [3.8, 4) is 0 Å². The first kappa shape index (κ1) is 14.8. The van der Waals surface area contributed by atoms with Crippen LogP contribution in [0.5, 0.6) is 0 Å². The van der Waals surface area contributed by atoms with Gasteiger partial charge < -0.3 is 9.32 Å². The minimum Gasteiger partial charge on any atom is -0.469 e. The highest BCUT2D eigenvalue weighted by Gasteiger charge is 2.25. The van der Waals surface area contributed by atoms with Gasteiger partial charge in [-0.3, -0.25) is 4.79 Å². The molecule has 1 aliphatic rings. The summed E-state index contributed by atoms with van der Waals surface area (Å²) < 4.78 is 28.5. The lowest BCUT2D eigenvalue weighted by molar-refractivity contribution is 0.0984. The summed E-state index contributed by atoms with van der Waals surface area (Å²) in [6.07, 6.45) is 4.22. The van der Waals surface area contributed by atoms with E-state index >= 15 is 0 Å². The van der Waals surface area contributed by atoms with Crippen molar-refractivity contribution >= 4 is 21.4 Å². The first-order chi connectivity index (χ1) is 10.4. The van der Waals surface area contributed by atoms with Gasteiger partial charge in [-0.2, -0.15) is 0 Å². The minimum absolute atomic E-state index is 0.120. The number of benzene rings is 1. The highest BCUT2D eigenvalue weighted by Crippen LogP contribution is 2.30. The van der Waals surface area contributed by atoms with Gasteiger partial charge in [0.15, 0.2) is 9.84 Å². The Morgan fingerprint density at radius 3 is 2.68 bits per heavy atom. The SMILES string of the molecule is Cc1cc(C(=O)N2CCCc3cc(S(C)(=O)=O)ccc32)co1. The van der Waals surface area contributed by atoms with Gasteiger partial charge in [-0.25, -0.2) is 8.42 Å². The Morgan fingerprint density at radius 1 is 1.27 bits per heavy atom. The molecule has 0 bridgehead atoms. The molecule has 0 radical (unpaired) electrons. The topological polar surface area (TPSA) is 67.6 Å². The summed E-state index contributed by atoms with van der Waals surface area (Å²) in [5.41, 5.74) is 2.18. The van der Waals surface area contributed by atoms with Gasteiger partial charge in [0.25, 0.3) is 5.91 Å². The summed E-state index contributed by atoms with van der Waals surface area (Å²) in [6.45, 7) is 2.41. The Labute approximate surface area is 129 Å². The van der Waals surface area contributed by atoms with Gasteiger partial charge in [0.05, 0.1) is 10.5 Å². The summed E-state index contributed by atoms with van der Waals surface area (Å²) in [4.78, 5) is 14.6. The van der Waals surface area contributed by atoms with E-state index in [0.29, 0.717) is 22.8 Å². The van der Waals surface area contributed by atoms with Crippen LogP contribution in [0.15, 0.2) is 39.8 Å². The maximum atomic E-state index is 12.6. The number of aryl methyl sites for hydroxylation is 2. The molecule has 2 heterocycles. The van der Waals surface area contributed by atoms with E-state index in [2.05, 4.69) is 0 Å². The Kier molecular flexibility index (Phi) is 3.56. The molecule has 0 atom stereocenters. The van der Waals surface area contributed by atoms with E-state index in [9.17, 15) is 13.2 Å². The van der Waals surface area contributed by atoms with E-state index in [-0.39, 0.29) is 5.91 Å². The zero-order chi connectivity index (χ0) is 15.9. The largest absolute Gasteiger partial charge is 0.469 e. The average molecular weight is 319 g/mol. The van der Waals surface area contributed by atoms with Gasteiger partial charge in [-0.15, -0.1) is 0 Å². The predicted molar refractivity (Wildman–Crippen MR) is 83.0 cm³/mol. The number of carbonyl (C=O) groups excluding carboxylic acids is 1. The third-order valence-corrected chi connectivity index (χ3v) is 4.93. The second-order valence-corrected chi connectivity index (χ2v) is 7.58. The number of carbonyl (C=O) groups is 1. The molecule has 1 amide bonds. The number of anilines is 1. The van der Waals surface area contributed by atoms with Crippen molar-refractivity contribution in [2.75, 3.05) is 17.7 Å². The highest BCUT2D eigenvalue weighted by molar-refractivity contribution is 7.90. The Balaban J connectivity index is 2.00. The number of hydrogen-bond acceptors (Lipinski definition) is 4. The molecule has 0 fully saturated rings. The molecule has 1 aliphatic heterocycles. The lowest BCUT2D eigenvalue weighted by Gasteiger charge is -2.29. The minimum atomic E-state index is -3.24. The van der Waals surface area contributed by atoms with E-state index in [1.165, 1.54) is 12.5 Å². The molecule has 3 rings (SSSR count). The number of sulfone groups is 1. The monoisotopic (exact) mass is 319 g/mol. The van der Waals surface area contributed by atoms with Crippen molar-refractivity contribution in [2.45, 2.75) is 24.7 Å². The van der Waals surface area contributed by atoms with Crippen molar-refractivity contribution in [3.63, 3.8) is 0 Å². The van der Waals surface area contributed by atoms with Gasteiger partial charge >= 0.3 is 0 Å².